The minimum atomic E-state index is -0.376. The number of likely N-dealkylation sites (N-methyl/N-ethyl adjacent to an activating group) is 1. The summed E-state index contributed by atoms with van der Waals surface area (Å²) in [5.74, 6) is 0.491. The van der Waals surface area contributed by atoms with Crippen LogP contribution in [-0.2, 0) is 9.47 Å². The second-order valence-corrected chi connectivity index (χ2v) is 4.73. The third-order valence-corrected chi connectivity index (χ3v) is 3.19. The van der Waals surface area contributed by atoms with Crippen molar-refractivity contribution in [2.45, 2.75) is 13.2 Å². The molecule has 1 aromatic carbocycles. The molecule has 2 aromatic rings. The number of hydrogen-bond acceptors (Lipinski definition) is 5. The number of methoxy groups -OCH3 is 2. The van der Waals surface area contributed by atoms with Gasteiger partial charge >= 0.3 is 0 Å². The highest BCUT2D eigenvalue weighted by molar-refractivity contribution is 5.78. The van der Waals surface area contributed by atoms with Gasteiger partial charge in [-0.25, -0.2) is 0 Å². The van der Waals surface area contributed by atoms with Crippen LogP contribution in [0.3, 0.4) is 0 Å². The molecule has 1 aromatic heterocycles. The van der Waals surface area contributed by atoms with Crippen LogP contribution in [0.15, 0.2) is 33.5 Å². The van der Waals surface area contributed by atoms with Crippen LogP contribution in [0, 0.1) is 6.92 Å². The molecule has 5 nitrogen and oxygen atoms in total. The van der Waals surface area contributed by atoms with Gasteiger partial charge in [0.25, 0.3) is 0 Å². The molecule has 0 saturated heterocycles. The molecule has 0 aliphatic rings. The van der Waals surface area contributed by atoms with Gasteiger partial charge in [-0.05, 0) is 19.1 Å². The topological polar surface area (TPSA) is 51.9 Å². The number of aryl methyl sites for hydroxylation is 1. The molecule has 1 heterocycles. The molecule has 0 spiro atoms. The number of hydrogen-bond donors (Lipinski definition) is 0. The van der Waals surface area contributed by atoms with E-state index >= 15 is 0 Å². The number of ether oxygens (including phenoxy) is 2. The van der Waals surface area contributed by atoms with Crippen molar-refractivity contribution in [3.05, 3.63) is 40.1 Å². The Morgan fingerprint density at radius 1 is 1.25 bits per heavy atom. The maximum absolute atomic E-state index is 12.1. The molecule has 108 valence electrons. The van der Waals surface area contributed by atoms with E-state index in [1.807, 2.05) is 32.2 Å². The van der Waals surface area contributed by atoms with E-state index in [4.69, 9.17) is 13.9 Å². The van der Waals surface area contributed by atoms with Crippen LogP contribution in [0.1, 0.15) is 5.56 Å². The first-order valence-electron chi connectivity index (χ1n) is 6.36. The van der Waals surface area contributed by atoms with E-state index in [2.05, 4.69) is 0 Å². The fourth-order valence-corrected chi connectivity index (χ4v) is 2.00. The van der Waals surface area contributed by atoms with Gasteiger partial charge in [-0.3, -0.25) is 4.79 Å². The van der Waals surface area contributed by atoms with Crippen molar-refractivity contribution in [3.8, 4) is 0 Å². The minimum absolute atomic E-state index is 0.0526. The molecule has 20 heavy (non-hydrogen) atoms. The standard InChI is InChI=1S/C15H19NO4/c1-10-5-6-13-11(7-10)12(17)8-14(20-13)16(2)9-15(18-3)19-4/h5-8,15H,9H2,1-4H3. The Hall–Kier alpha value is -1.85. The third-order valence-electron chi connectivity index (χ3n) is 3.19. The first-order valence-corrected chi connectivity index (χ1v) is 6.36. The van der Waals surface area contributed by atoms with E-state index in [1.165, 1.54) is 6.07 Å². The maximum atomic E-state index is 12.1. The van der Waals surface area contributed by atoms with Gasteiger partial charge in [-0.15, -0.1) is 0 Å². The normalized spacial score (nSPS) is 11.2. The maximum Gasteiger partial charge on any atom is 0.199 e. The Morgan fingerprint density at radius 2 is 1.95 bits per heavy atom. The Kier molecular flexibility index (Phi) is 4.42. The zero-order valence-corrected chi connectivity index (χ0v) is 12.2. The molecule has 0 radical (unpaired) electrons. The molecule has 0 unspecified atom stereocenters. The molecular formula is C15H19NO4. The van der Waals surface area contributed by atoms with Crippen LogP contribution in [0.4, 0.5) is 5.88 Å². The van der Waals surface area contributed by atoms with E-state index in [0.29, 0.717) is 23.4 Å². The molecule has 2 rings (SSSR count). The lowest BCUT2D eigenvalue weighted by atomic mass is 10.1. The summed E-state index contributed by atoms with van der Waals surface area (Å²) >= 11 is 0. The largest absolute Gasteiger partial charge is 0.440 e. The highest BCUT2D eigenvalue weighted by atomic mass is 16.7. The molecule has 0 atom stereocenters. The van der Waals surface area contributed by atoms with Gasteiger partial charge in [0.1, 0.15) is 5.58 Å². The van der Waals surface area contributed by atoms with Crippen molar-refractivity contribution in [1.29, 1.82) is 0 Å². The van der Waals surface area contributed by atoms with Crippen LogP contribution in [-0.4, -0.2) is 34.1 Å². The summed E-state index contributed by atoms with van der Waals surface area (Å²) in [6.07, 6.45) is -0.376. The van der Waals surface area contributed by atoms with E-state index in [9.17, 15) is 4.79 Å². The van der Waals surface area contributed by atoms with Crippen molar-refractivity contribution < 1.29 is 13.9 Å². The summed E-state index contributed by atoms with van der Waals surface area (Å²) in [6.45, 7) is 2.41. The second-order valence-electron chi connectivity index (χ2n) is 4.73. The molecule has 0 amide bonds. The molecule has 0 bridgehead atoms. The summed E-state index contributed by atoms with van der Waals surface area (Å²) in [5.41, 5.74) is 1.56. The summed E-state index contributed by atoms with van der Waals surface area (Å²) in [5, 5.41) is 0.595. The molecule has 5 heteroatoms. The summed E-state index contributed by atoms with van der Waals surface area (Å²) in [6, 6.07) is 7.05. The minimum Gasteiger partial charge on any atom is -0.440 e. The van der Waals surface area contributed by atoms with Gasteiger partial charge in [-0.2, -0.15) is 0 Å². The molecule has 0 fully saturated rings. The fraction of sp³-hybridized carbons (Fsp3) is 0.400. The highest BCUT2D eigenvalue weighted by Gasteiger charge is 2.13. The van der Waals surface area contributed by atoms with E-state index in [1.54, 1.807) is 19.1 Å². The average Bonchev–Trinajstić information content (AvgIpc) is 2.45. The Balaban J connectivity index is 2.36. The van der Waals surface area contributed by atoms with Gasteiger partial charge in [0, 0.05) is 27.3 Å². The van der Waals surface area contributed by atoms with E-state index in [0.717, 1.165) is 5.56 Å². The van der Waals surface area contributed by atoms with Crippen LogP contribution in [0.5, 0.6) is 0 Å². The van der Waals surface area contributed by atoms with Crippen LogP contribution in [0.2, 0.25) is 0 Å². The molecule has 0 N–H and O–H groups in total. The zero-order valence-electron chi connectivity index (χ0n) is 12.2. The van der Waals surface area contributed by atoms with Crippen LogP contribution in [0.25, 0.3) is 11.0 Å². The predicted molar refractivity (Wildman–Crippen MR) is 78.3 cm³/mol. The van der Waals surface area contributed by atoms with Gasteiger partial charge in [0.2, 0.25) is 0 Å². The van der Waals surface area contributed by atoms with Crippen molar-refractivity contribution >= 4 is 16.9 Å². The lowest BCUT2D eigenvalue weighted by Crippen LogP contribution is -2.32. The highest BCUT2D eigenvalue weighted by Crippen LogP contribution is 2.19. The van der Waals surface area contributed by atoms with E-state index < -0.39 is 0 Å². The van der Waals surface area contributed by atoms with Gasteiger partial charge < -0.3 is 18.8 Å². The SMILES string of the molecule is COC(CN(C)c1cc(=O)c2cc(C)ccc2o1)OC. The number of fused-ring (bicyclic) bond motifs is 1. The second kappa shape index (κ2) is 6.07. The van der Waals surface area contributed by atoms with Crippen molar-refractivity contribution in [2.24, 2.45) is 0 Å². The quantitative estimate of drug-likeness (QED) is 0.784. The number of benzene rings is 1. The lowest BCUT2D eigenvalue weighted by molar-refractivity contribution is -0.0947. The molecule has 0 saturated carbocycles. The van der Waals surface area contributed by atoms with Crippen LogP contribution >= 0.6 is 0 Å². The smallest absolute Gasteiger partial charge is 0.199 e. The molecular weight excluding hydrogens is 258 g/mol. The first kappa shape index (κ1) is 14.6. The van der Waals surface area contributed by atoms with E-state index in [-0.39, 0.29) is 11.7 Å². The van der Waals surface area contributed by atoms with Gasteiger partial charge in [-0.1, -0.05) is 11.6 Å². The Labute approximate surface area is 117 Å². The summed E-state index contributed by atoms with van der Waals surface area (Å²) < 4.78 is 16.0. The van der Waals surface area contributed by atoms with Crippen molar-refractivity contribution in [2.75, 3.05) is 32.7 Å². The number of anilines is 1. The summed E-state index contributed by atoms with van der Waals surface area (Å²) in [7, 11) is 4.96. The van der Waals surface area contributed by atoms with Gasteiger partial charge in [0.05, 0.1) is 11.9 Å². The average molecular weight is 277 g/mol. The number of rotatable bonds is 5. The summed E-state index contributed by atoms with van der Waals surface area (Å²) in [4.78, 5) is 13.9. The van der Waals surface area contributed by atoms with Crippen LogP contribution < -0.4 is 10.3 Å². The van der Waals surface area contributed by atoms with Crippen molar-refractivity contribution in [1.82, 2.24) is 0 Å². The molecule has 0 aliphatic heterocycles. The zero-order chi connectivity index (χ0) is 14.7. The third kappa shape index (κ3) is 3.00. The van der Waals surface area contributed by atoms with Crippen molar-refractivity contribution in [3.63, 3.8) is 0 Å². The molecule has 0 aliphatic carbocycles. The first-order chi connectivity index (χ1) is 9.55. The number of nitrogens with zero attached hydrogens (tertiary/aromatic N) is 1. The monoisotopic (exact) mass is 277 g/mol. The Morgan fingerprint density at radius 3 is 2.60 bits per heavy atom. The Bertz CT molecular complexity index is 646. The fourth-order valence-electron chi connectivity index (χ4n) is 2.00. The predicted octanol–water partition coefficient (Wildman–Crippen LogP) is 2.16. The lowest BCUT2D eigenvalue weighted by Gasteiger charge is -2.22. The van der Waals surface area contributed by atoms with Gasteiger partial charge in [0.15, 0.2) is 17.6 Å².